The van der Waals surface area contributed by atoms with E-state index in [0.717, 1.165) is 44.2 Å². The van der Waals surface area contributed by atoms with Gasteiger partial charge in [0.1, 0.15) is 0 Å². The Hall–Kier alpha value is 0.0300. The number of nitrogens with zero attached hydrogens (tertiary/aromatic N) is 2. The Balaban J connectivity index is 0.00000128. The van der Waals surface area contributed by atoms with E-state index in [9.17, 15) is 4.79 Å². The summed E-state index contributed by atoms with van der Waals surface area (Å²) in [6.07, 6.45) is 1.10. The van der Waals surface area contributed by atoms with E-state index in [1.165, 1.54) is 0 Å². The molecule has 2 rings (SSSR count). The van der Waals surface area contributed by atoms with E-state index in [2.05, 4.69) is 17.3 Å². The van der Waals surface area contributed by atoms with Crippen LogP contribution in [0.15, 0.2) is 0 Å². The molecule has 6 heteroatoms. The number of nitrogens with one attached hydrogen (secondary N) is 1. The Morgan fingerprint density at radius 3 is 2.81 bits per heavy atom. The Bertz CT molecular complexity index is 236. The van der Waals surface area contributed by atoms with Gasteiger partial charge in [0.15, 0.2) is 0 Å². The number of thioether (sulfide) groups is 1. The molecule has 94 valence electrons. The molecule has 16 heavy (non-hydrogen) atoms. The lowest BCUT2D eigenvalue weighted by atomic mass is 10.2. The summed E-state index contributed by atoms with van der Waals surface area (Å²) in [5.74, 6) is 2.16. The van der Waals surface area contributed by atoms with Crippen LogP contribution in [0.3, 0.4) is 0 Å². The van der Waals surface area contributed by atoms with Gasteiger partial charge in [-0.05, 0) is 20.0 Å². The number of carbonyl (C=O) groups is 1. The van der Waals surface area contributed by atoms with E-state index >= 15 is 0 Å². The molecule has 0 spiro atoms. The van der Waals surface area contributed by atoms with Crippen LogP contribution in [-0.4, -0.2) is 66.6 Å². The van der Waals surface area contributed by atoms with Gasteiger partial charge >= 0.3 is 0 Å². The second-order valence-corrected chi connectivity index (χ2v) is 5.28. The molecule has 2 heterocycles. The van der Waals surface area contributed by atoms with Gasteiger partial charge in [-0.3, -0.25) is 10.1 Å². The topological polar surface area (TPSA) is 35.6 Å². The van der Waals surface area contributed by atoms with Gasteiger partial charge in [-0.15, -0.1) is 24.2 Å². The second kappa shape index (κ2) is 6.69. The summed E-state index contributed by atoms with van der Waals surface area (Å²) in [5, 5.41) is 3.24. The highest BCUT2D eigenvalue weighted by Crippen LogP contribution is 2.13. The van der Waals surface area contributed by atoms with Gasteiger partial charge in [0, 0.05) is 31.3 Å². The van der Waals surface area contributed by atoms with E-state index in [-0.39, 0.29) is 18.4 Å². The maximum atomic E-state index is 12.1. The maximum Gasteiger partial charge on any atom is 0.240 e. The Morgan fingerprint density at radius 1 is 1.31 bits per heavy atom. The third kappa shape index (κ3) is 3.52. The largest absolute Gasteiger partial charge is 0.340 e. The van der Waals surface area contributed by atoms with Gasteiger partial charge in [-0.25, -0.2) is 0 Å². The number of rotatable bonds is 1. The van der Waals surface area contributed by atoms with Crippen molar-refractivity contribution < 1.29 is 4.79 Å². The third-order valence-electron chi connectivity index (χ3n) is 3.05. The van der Waals surface area contributed by atoms with Crippen molar-refractivity contribution in [1.29, 1.82) is 0 Å². The fourth-order valence-electron chi connectivity index (χ4n) is 2.04. The summed E-state index contributed by atoms with van der Waals surface area (Å²) < 4.78 is 0. The average Bonchev–Trinajstić information content (AvgIpc) is 2.67. The van der Waals surface area contributed by atoms with Crippen molar-refractivity contribution in [3.63, 3.8) is 0 Å². The highest BCUT2D eigenvalue weighted by atomic mass is 35.5. The smallest absolute Gasteiger partial charge is 0.240 e. The third-order valence-corrected chi connectivity index (χ3v) is 3.99. The second-order valence-electron chi connectivity index (χ2n) is 4.25. The first-order valence-corrected chi connectivity index (χ1v) is 6.71. The lowest BCUT2D eigenvalue weighted by Crippen LogP contribution is -2.46. The highest BCUT2D eigenvalue weighted by Gasteiger charge is 2.27. The SMILES string of the molecule is CN1CCCN(C(=O)C2CSCN2)CC1.Cl. The van der Waals surface area contributed by atoms with E-state index < -0.39 is 0 Å². The number of halogens is 1. The van der Waals surface area contributed by atoms with Crippen molar-refractivity contribution in [2.45, 2.75) is 12.5 Å². The molecule has 0 aromatic rings. The average molecular weight is 266 g/mol. The van der Waals surface area contributed by atoms with Crippen LogP contribution in [0.5, 0.6) is 0 Å². The molecule has 0 aromatic heterocycles. The summed E-state index contributed by atoms with van der Waals surface area (Å²) in [4.78, 5) is 16.4. The van der Waals surface area contributed by atoms with Gasteiger partial charge in [0.2, 0.25) is 5.91 Å². The zero-order valence-electron chi connectivity index (χ0n) is 9.65. The number of hydrogen-bond acceptors (Lipinski definition) is 4. The molecule has 2 saturated heterocycles. The van der Waals surface area contributed by atoms with Crippen molar-refractivity contribution in [2.24, 2.45) is 0 Å². The number of hydrogen-bond donors (Lipinski definition) is 1. The van der Waals surface area contributed by atoms with E-state index in [0.29, 0.717) is 5.91 Å². The van der Waals surface area contributed by atoms with Crippen molar-refractivity contribution in [3.8, 4) is 0 Å². The molecule has 0 bridgehead atoms. The summed E-state index contributed by atoms with van der Waals surface area (Å²) in [5.41, 5.74) is 0. The molecule has 0 aromatic carbocycles. The van der Waals surface area contributed by atoms with Gasteiger partial charge < -0.3 is 9.80 Å². The zero-order valence-corrected chi connectivity index (χ0v) is 11.3. The van der Waals surface area contributed by atoms with Crippen LogP contribution in [0.2, 0.25) is 0 Å². The van der Waals surface area contributed by atoms with Crippen molar-refractivity contribution in [3.05, 3.63) is 0 Å². The lowest BCUT2D eigenvalue weighted by molar-refractivity contribution is -0.132. The van der Waals surface area contributed by atoms with Crippen LogP contribution in [0.25, 0.3) is 0 Å². The van der Waals surface area contributed by atoms with Crippen LogP contribution in [0.4, 0.5) is 0 Å². The molecule has 2 aliphatic rings. The van der Waals surface area contributed by atoms with Gasteiger partial charge in [-0.1, -0.05) is 0 Å². The minimum Gasteiger partial charge on any atom is -0.340 e. The van der Waals surface area contributed by atoms with Crippen LogP contribution in [-0.2, 0) is 4.79 Å². The predicted molar refractivity (Wildman–Crippen MR) is 70.2 cm³/mol. The molecule has 4 nitrogen and oxygen atoms in total. The maximum absolute atomic E-state index is 12.1. The fraction of sp³-hybridized carbons (Fsp3) is 0.900. The minimum atomic E-state index is 0. The monoisotopic (exact) mass is 265 g/mol. The van der Waals surface area contributed by atoms with Crippen LogP contribution >= 0.6 is 24.2 Å². The Labute approximate surface area is 108 Å². The molecule has 0 aliphatic carbocycles. The first-order chi connectivity index (χ1) is 7.27. The van der Waals surface area contributed by atoms with E-state index in [1.807, 2.05) is 16.7 Å². The highest BCUT2D eigenvalue weighted by molar-refractivity contribution is 7.99. The normalized spacial score (nSPS) is 27.3. The molecule has 1 unspecified atom stereocenters. The molecule has 1 amide bonds. The number of carbonyl (C=O) groups excluding carboxylic acids is 1. The van der Waals surface area contributed by atoms with Crippen LogP contribution < -0.4 is 5.32 Å². The number of likely N-dealkylation sites (N-methyl/N-ethyl adjacent to an activating group) is 1. The van der Waals surface area contributed by atoms with Crippen LogP contribution in [0, 0.1) is 0 Å². The van der Waals surface area contributed by atoms with Crippen molar-refractivity contribution in [1.82, 2.24) is 15.1 Å². The Kier molecular flexibility index (Phi) is 5.89. The summed E-state index contributed by atoms with van der Waals surface area (Å²) in [7, 11) is 2.12. The summed E-state index contributed by atoms with van der Waals surface area (Å²) in [6.45, 7) is 3.92. The standard InChI is InChI=1S/C10H19N3OS.ClH/c1-12-3-2-4-13(6-5-12)10(14)9-7-15-8-11-9;/h9,11H,2-8H2,1H3;1H. The van der Waals surface area contributed by atoms with E-state index in [4.69, 9.17) is 0 Å². The molecule has 0 saturated carbocycles. The molecule has 1 atom stereocenters. The van der Waals surface area contributed by atoms with Crippen molar-refractivity contribution >= 4 is 30.1 Å². The quantitative estimate of drug-likeness (QED) is 0.737. The molecular weight excluding hydrogens is 246 g/mol. The first kappa shape index (κ1) is 14.1. The molecular formula is C10H20ClN3OS. The molecule has 2 fully saturated rings. The van der Waals surface area contributed by atoms with Crippen molar-refractivity contribution in [2.75, 3.05) is 44.9 Å². The van der Waals surface area contributed by atoms with Gasteiger partial charge in [-0.2, -0.15) is 0 Å². The summed E-state index contributed by atoms with van der Waals surface area (Å²) >= 11 is 1.81. The predicted octanol–water partition coefficient (Wildman–Crippen LogP) is 0.235. The first-order valence-electron chi connectivity index (χ1n) is 5.56. The fourth-order valence-corrected chi connectivity index (χ4v) is 2.97. The molecule has 0 radical (unpaired) electrons. The molecule has 1 N–H and O–H groups in total. The van der Waals surface area contributed by atoms with Gasteiger partial charge in [0.05, 0.1) is 6.04 Å². The summed E-state index contributed by atoms with van der Waals surface area (Å²) in [6, 6.07) is 0.0680. The van der Waals surface area contributed by atoms with Crippen LogP contribution in [0.1, 0.15) is 6.42 Å². The Morgan fingerprint density at radius 2 is 2.12 bits per heavy atom. The minimum absolute atomic E-state index is 0. The zero-order chi connectivity index (χ0) is 10.7. The molecule has 2 aliphatic heterocycles. The van der Waals surface area contributed by atoms with E-state index in [1.54, 1.807) is 0 Å². The lowest BCUT2D eigenvalue weighted by Gasteiger charge is -2.23. The van der Waals surface area contributed by atoms with Gasteiger partial charge in [0.25, 0.3) is 0 Å². The number of amides is 1.